The molecule has 4 heteroatoms. The molecule has 3 nitrogen and oxygen atoms in total. The van der Waals surface area contributed by atoms with Gasteiger partial charge in [-0.05, 0) is 19.1 Å². The summed E-state index contributed by atoms with van der Waals surface area (Å²) in [7, 11) is -4.27. The summed E-state index contributed by atoms with van der Waals surface area (Å²) in [5, 5.41) is 0. The number of hydrogen-bond acceptors (Lipinski definition) is 2. The van der Waals surface area contributed by atoms with E-state index in [9.17, 15) is 13.0 Å². The molecule has 11 heavy (non-hydrogen) atoms. The van der Waals surface area contributed by atoms with E-state index >= 15 is 0 Å². The highest BCUT2D eigenvalue weighted by molar-refractivity contribution is 7.85. The molecule has 0 aliphatic rings. The van der Waals surface area contributed by atoms with Crippen LogP contribution in [-0.4, -0.2) is 8.42 Å². The molecular formula is C7H7O3S. The molecule has 59 valence electrons. The Morgan fingerprint density at radius 1 is 1.09 bits per heavy atom. The van der Waals surface area contributed by atoms with Crippen molar-refractivity contribution < 1.29 is 13.0 Å². The lowest BCUT2D eigenvalue weighted by atomic mass is 10.2. The van der Waals surface area contributed by atoms with E-state index in [1.807, 2.05) is 6.92 Å². The first-order chi connectivity index (χ1) is 5.00. The van der Waals surface area contributed by atoms with Crippen LogP contribution in [0.3, 0.4) is 0 Å². The highest BCUT2D eigenvalue weighted by Crippen LogP contribution is 2.09. The maximum absolute atomic E-state index is 10.4. The van der Waals surface area contributed by atoms with Crippen molar-refractivity contribution in [2.24, 2.45) is 0 Å². The molecule has 1 aromatic carbocycles. The zero-order valence-corrected chi connectivity index (χ0v) is 6.76. The van der Waals surface area contributed by atoms with Crippen molar-refractivity contribution in [3.63, 3.8) is 0 Å². The van der Waals surface area contributed by atoms with E-state index in [-0.39, 0.29) is 4.90 Å². The largest absolute Gasteiger partial charge is 0.324 e. The Morgan fingerprint density at radius 2 is 1.55 bits per heavy atom. The molecule has 0 saturated carbocycles. The first-order valence-corrected chi connectivity index (χ1v) is 4.43. The molecule has 0 aromatic heterocycles. The lowest BCUT2D eigenvalue weighted by Gasteiger charge is -1.93. The van der Waals surface area contributed by atoms with Gasteiger partial charge in [0.1, 0.15) is 0 Å². The van der Waals surface area contributed by atoms with Crippen LogP contribution in [0, 0.1) is 6.92 Å². The molecule has 1 aromatic rings. The maximum atomic E-state index is 10.4. The fraction of sp³-hybridized carbons (Fsp3) is 0.143. The molecule has 0 atom stereocenters. The maximum Gasteiger partial charge on any atom is 0.324 e. The molecule has 0 heterocycles. The second-order valence-corrected chi connectivity index (χ2v) is 3.65. The van der Waals surface area contributed by atoms with Gasteiger partial charge in [-0.2, -0.15) is 8.42 Å². The van der Waals surface area contributed by atoms with Gasteiger partial charge < -0.3 is 0 Å². The van der Waals surface area contributed by atoms with Crippen LogP contribution in [0.25, 0.3) is 0 Å². The number of aryl methyl sites for hydroxylation is 1. The van der Waals surface area contributed by atoms with E-state index in [2.05, 4.69) is 0 Å². The monoisotopic (exact) mass is 171 g/mol. The molecular weight excluding hydrogens is 164 g/mol. The van der Waals surface area contributed by atoms with Gasteiger partial charge in [0.15, 0.2) is 0 Å². The van der Waals surface area contributed by atoms with Gasteiger partial charge >= 0.3 is 10.1 Å². The molecule has 0 aliphatic carbocycles. The summed E-state index contributed by atoms with van der Waals surface area (Å²) >= 11 is 0. The fourth-order valence-corrected chi connectivity index (χ4v) is 1.17. The second-order valence-electron chi connectivity index (χ2n) is 2.27. The number of rotatable bonds is 1. The number of hydrogen-bond donors (Lipinski definition) is 0. The van der Waals surface area contributed by atoms with Crippen molar-refractivity contribution in [1.82, 2.24) is 0 Å². The highest BCUT2D eigenvalue weighted by Gasteiger charge is 2.09. The molecule has 0 saturated heterocycles. The van der Waals surface area contributed by atoms with Crippen LogP contribution < -0.4 is 0 Å². The third-order valence-electron chi connectivity index (χ3n) is 1.31. The van der Waals surface area contributed by atoms with Crippen LogP contribution in [0.4, 0.5) is 0 Å². The van der Waals surface area contributed by atoms with E-state index in [1.165, 1.54) is 12.1 Å². The smallest absolute Gasteiger partial charge is 0.192 e. The fourth-order valence-electron chi connectivity index (χ4n) is 0.705. The van der Waals surface area contributed by atoms with Gasteiger partial charge in [0.05, 0.1) is 4.90 Å². The topological polar surface area (TPSA) is 54.0 Å². The summed E-state index contributed by atoms with van der Waals surface area (Å²) < 4.78 is 31.2. The summed E-state index contributed by atoms with van der Waals surface area (Å²) in [6.07, 6.45) is 0. The van der Waals surface area contributed by atoms with Crippen LogP contribution >= 0.6 is 0 Å². The Labute approximate surface area is 65.4 Å². The van der Waals surface area contributed by atoms with Gasteiger partial charge in [-0.25, -0.2) is 0 Å². The zero-order chi connectivity index (χ0) is 8.48. The SMILES string of the molecule is Cc1ccc(S([O])(=O)=O)cc1. The van der Waals surface area contributed by atoms with E-state index in [4.69, 9.17) is 0 Å². The Kier molecular flexibility index (Phi) is 1.97. The van der Waals surface area contributed by atoms with Crippen LogP contribution in [0.1, 0.15) is 5.56 Å². The van der Waals surface area contributed by atoms with E-state index in [0.29, 0.717) is 0 Å². The van der Waals surface area contributed by atoms with E-state index in [1.54, 1.807) is 12.1 Å². The van der Waals surface area contributed by atoms with Gasteiger partial charge in [-0.1, -0.05) is 22.2 Å². The summed E-state index contributed by atoms with van der Waals surface area (Å²) in [6.45, 7) is 1.82. The standard InChI is InChI=1S/C7H7O3S/c1-6-2-4-7(5-3-6)11(8,9)10/h2-5H,1H3. The minimum Gasteiger partial charge on any atom is -0.192 e. The first-order valence-electron chi connectivity index (χ1n) is 3.03. The van der Waals surface area contributed by atoms with Crippen molar-refractivity contribution in [3.05, 3.63) is 29.8 Å². The molecule has 0 amide bonds. The molecule has 0 aliphatic heterocycles. The van der Waals surface area contributed by atoms with Crippen molar-refractivity contribution in [2.45, 2.75) is 11.8 Å². The quantitative estimate of drug-likeness (QED) is 0.635. The molecule has 0 unspecified atom stereocenters. The van der Waals surface area contributed by atoms with Crippen molar-refractivity contribution in [3.8, 4) is 0 Å². The lowest BCUT2D eigenvalue weighted by Crippen LogP contribution is -1.94. The summed E-state index contributed by atoms with van der Waals surface area (Å²) in [5.41, 5.74) is 0.928. The van der Waals surface area contributed by atoms with Crippen molar-refractivity contribution in [1.29, 1.82) is 0 Å². The summed E-state index contributed by atoms with van der Waals surface area (Å²) in [6, 6.07) is 5.78. The predicted molar refractivity (Wildman–Crippen MR) is 39.1 cm³/mol. The molecule has 0 spiro atoms. The van der Waals surface area contributed by atoms with Crippen LogP contribution in [-0.2, 0) is 14.7 Å². The highest BCUT2D eigenvalue weighted by atomic mass is 32.2. The van der Waals surface area contributed by atoms with Crippen LogP contribution in [0.15, 0.2) is 29.2 Å². The predicted octanol–water partition coefficient (Wildman–Crippen LogP) is 1.11. The van der Waals surface area contributed by atoms with Gasteiger partial charge in [0, 0.05) is 0 Å². The minimum absolute atomic E-state index is 0.178. The Hall–Kier alpha value is -0.870. The van der Waals surface area contributed by atoms with Crippen LogP contribution in [0.5, 0.6) is 0 Å². The normalized spacial score (nSPS) is 11.5. The van der Waals surface area contributed by atoms with Crippen molar-refractivity contribution >= 4 is 10.1 Å². The Balaban J connectivity index is 3.20. The van der Waals surface area contributed by atoms with Gasteiger partial charge in [0.2, 0.25) is 0 Å². The van der Waals surface area contributed by atoms with Gasteiger partial charge in [0.25, 0.3) is 0 Å². The van der Waals surface area contributed by atoms with E-state index < -0.39 is 10.1 Å². The Morgan fingerprint density at radius 3 is 1.91 bits per heavy atom. The summed E-state index contributed by atoms with van der Waals surface area (Å²) in [4.78, 5) is -0.178. The van der Waals surface area contributed by atoms with Gasteiger partial charge in [-0.3, -0.25) is 0 Å². The third-order valence-corrected chi connectivity index (χ3v) is 2.16. The van der Waals surface area contributed by atoms with Crippen molar-refractivity contribution in [2.75, 3.05) is 0 Å². The molecule has 0 N–H and O–H groups in total. The average Bonchev–Trinajstić information content (AvgIpc) is 1.86. The Bertz CT molecular complexity index is 336. The molecule has 1 radical (unpaired) electrons. The van der Waals surface area contributed by atoms with Crippen LogP contribution in [0.2, 0.25) is 0 Å². The third kappa shape index (κ3) is 2.03. The number of benzene rings is 1. The minimum atomic E-state index is -4.27. The van der Waals surface area contributed by atoms with Gasteiger partial charge in [-0.15, -0.1) is 0 Å². The zero-order valence-electron chi connectivity index (χ0n) is 5.94. The summed E-state index contributed by atoms with van der Waals surface area (Å²) in [5.74, 6) is 0. The lowest BCUT2D eigenvalue weighted by molar-refractivity contribution is 0.414. The molecule has 0 bridgehead atoms. The molecule has 0 fully saturated rings. The second kappa shape index (κ2) is 2.64. The molecule has 1 rings (SSSR count). The first kappa shape index (κ1) is 8.23. The van der Waals surface area contributed by atoms with E-state index in [0.717, 1.165) is 5.56 Å². The average molecular weight is 171 g/mol.